The molecule has 1 fully saturated rings. The lowest BCUT2D eigenvalue weighted by molar-refractivity contribution is 0.0771. The van der Waals surface area contributed by atoms with Crippen molar-refractivity contribution in [2.24, 2.45) is 5.92 Å². The average Bonchev–Trinajstić information content (AvgIpc) is 3.15. The maximum Gasteiger partial charge on any atom is 0.159 e. The summed E-state index contributed by atoms with van der Waals surface area (Å²) in [6.45, 7) is 5.13. The van der Waals surface area contributed by atoms with Crippen molar-refractivity contribution in [2.75, 3.05) is 19.0 Å². The smallest absolute Gasteiger partial charge is 0.159 e. The molecule has 0 aliphatic heterocycles. The molecule has 0 aromatic carbocycles. The zero-order valence-corrected chi connectivity index (χ0v) is 11.6. The Labute approximate surface area is 109 Å². The van der Waals surface area contributed by atoms with Crippen molar-refractivity contribution in [1.29, 1.82) is 0 Å². The summed E-state index contributed by atoms with van der Waals surface area (Å²) < 4.78 is 5.57. The Kier molecular flexibility index (Phi) is 4.53. The van der Waals surface area contributed by atoms with Crippen LogP contribution in [0.2, 0.25) is 0 Å². The molecule has 2 rings (SSSR count). The molecule has 0 spiro atoms. The third-order valence-corrected chi connectivity index (χ3v) is 3.22. The van der Waals surface area contributed by atoms with Crippen LogP contribution < -0.4 is 5.32 Å². The Morgan fingerprint density at radius 2 is 2.17 bits per heavy atom. The highest BCUT2D eigenvalue weighted by molar-refractivity contribution is 5.36. The summed E-state index contributed by atoms with van der Waals surface area (Å²) in [5.41, 5.74) is 1.11. The van der Waals surface area contributed by atoms with Crippen LogP contribution in [0.5, 0.6) is 0 Å². The van der Waals surface area contributed by atoms with Gasteiger partial charge in [-0.25, -0.2) is 9.97 Å². The number of methoxy groups -OCH3 is 1. The van der Waals surface area contributed by atoms with Gasteiger partial charge in [0.1, 0.15) is 11.9 Å². The third kappa shape index (κ3) is 3.19. The van der Waals surface area contributed by atoms with E-state index in [0.717, 1.165) is 36.7 Å². The number of aryl methyl sites for hydroxylation is 1. The van der Waals surface area contributed by atoms with Crippen LogP contribution in [0.3, 0.4) is 0 Å². The van der Waals surface area contributed by atoms with Crippen LogP contribution >= 0.6 is 0 Å². The van der Waals surface area contributed by atoms with Gasteiger partial charge in [0.25, 0.3) is 0 Å². The SMILES string of the molecule is CCCc1cc(NCC)nc(C(OC)C2CC2)n1. The van der Waals surface area contributed by atoms with Gasteiger partial charge in [-0.2, -0.15) is 0 Å². The lowest BCUT2D eigenvalue weighted by Gasteiger charge is -2.15. The largest absolute Gasteiger partial charge is 0.373 e. The van der Waals surface area contributed by atoms with Gasteiger partial charge in [0.05, 0.1) is 0 Å². The maximum atomic E-state index is 5.57. The summed E-state index contributed by atoms with van der Waals surface area (Å²) in [7, 11) is 1.76. The predicted octanol–water partition coefficient (Wildman–Crippen LogP) is 2.96. The Balaban J connectivity index is 2.25. The Morgan fingerprint density at radius 1 is 1.39 bits per heavy atom. The summed E-state index contributed by atoms with van der Waals surface area (Å²) in [4.78, 5) is 9.25. The quantitative estimate of drug-likeness (QED) is 0.807. The molecule has 1 saturated carbocycles. The molecular formula is C14H23N3O. The van der Waals surface area contributed by atoms with E-state index in [2.05, 4.69) is 35.2 Å². The van der Waals surface area contributed by atoms with E-state index in [9.17, 15) is 0 Å². The number of aromatic nitrogens is 2. The number of anilines is 1. The molecule has 0 radical (unpaired) electrons. The highest BCUT2D eigenvalue weighted by atomic mass is 16.5. The molecule has 1 aromatic rings. The van der Waals surface area contributed by atoms with Gasteiger partial charge in [0.2, 0.25) is 0 Å². The molecule has 1 heterocycles. The number of rotatable bonds is 7. The summed E-state index contributed by atoms with van der Waals surface area (Å²) >= 11 is 0. The molecule has 0 amide bonds. The summed E-state index contributed by atoms with van der Waals surface area (Å²) in [6, 6.07) is 2.05. The minimum Gasteiger partial charge on any atom is -0.373 e. The first-order valence-electron chi connectivity index (χ1n) is 6.93. The fourth-order valence-electron chi connectivity index (χ4n) is 2.21. The van der Waals surface area contributed by atoms with Crippen LogP contribution in [0.1, 0.15) is 50.7 Å². The maximum absolute atomic E-state index is 5.57. The van der Waals surface area contributed by atoms with Crippen molar-refractivity contribution >= 4 is 5.82 Å². The number of ether oxygens (including phenoxy) is 1. The van der Waals surface area contributed by atoms with Gasteiger partial charge in [0, 0.05) is 25.4 Å². The van der Waals surface area contributed by atoms with Crippen LogP contribution in [0, 0.1) is 5.92 Å². The number of hydrogen-bond donors (Lipinski definition) is 1. The van der Waals surface area contributed by atoms with Crippen LogP contribution in [-0.2, 0) is 11.2 Å². The van der Waals surface area contributed by atoms with Gasteiger partial charge in [-0.15, -0.1) is 0 Å². The van der Waals surface area contributed by atoms with Crippen molar-refractivity contribution in [3.8, 4) is 0 Å². The molecule has 1 aliphatic carbocycles. The van der Waals surface area contributed by atoms with Gasteiger partial charge in [0.15, 0.2) is 5.82 Å². The van der Waals surface area contributed by atoms with Gasteiger partial charge in [-0.05, 0) is 32.1 Å². The Hall–Kier alpha value is -1.16. The van der Waals surface area contributed by atoms with Crippen molar-refractivity contribution < 1.29 is 4.74 Å². The summed E-state index contributed by atoms with van der Waals surface area (Å²) in [5, 5.41) is 3.28. The van der Waals surface area contributed by atoms with Gasteiger partial charge < -0.3 is 10.1 Å². The Bertz CT molecular complexity index is 366. The second-order valence-electron chi connectivity index (χ2n) is 4.88. The van der Waals surface area contributed by atoms with E-state index in [1.54, 1.807) is 7.11 Å². The second kappa shape index (κ2) is 6.14. The molecule has 4 nitrogen and oxygen atoms in total. The van der Waals surface area contributed by atoms with Gasteiger partial charge in [-0.3, -0.25) is 0 Å². The fourth-order valence-corrected chi connectivity index (χ4v) is 2.21. The molecule has 1 aliphatic rings. The predicted molar refractivity (Wildman–Crippen MR) is 72.7 cm³/mol. The number of hydrogen-bond acceptors (Lipinski definition) is 4. The molecule has 1 unspecified atom stereocenters. The molecule has 1 aromatic heterocycles. The zero-order chi connectivity index (χ0) is 13.0. The van der Waals surface area contributed by atoms with Crippen molar-refractivity contribution in [1.82, 2.24) is 9.97 Å². The molecule has 18 heavy (non-hydrogen) atoms. The summed E-state index contributed by atoms with van der Waals surface area (Å²) in [6.07, 6.45) is 4.63. The van der Waals surface area contributed by atoms with Crippen molar-refractivity contribution in [2.45, 2.75) is 45.6 Å². The number of nitrogens with zero attached hydrogens (tertiary/aromatic N) is 2. The van der Waals surface area contributed by atoms with Crippen molar-refractivity contribution in [3.05, 3.63) is 17.6 Å². The molecule has 1 N–H and O–H groups in total. The molecule has 0 bridgehead atoms. The van der Waals surface area contributed by atoms with E-state index in [0.29, 0.717) is 5.92 Å². The van der Waals surface area contributed by atoms with Crippen LogP contribution in [0.25, 0.3) is 0 Å². The van der Waals surface area contributed by atoms with Crippen molar-refractivity contribution in [3.63, 3.8) is 0 Å². The van der Waals surface area contributed by atoms with E-state index in [4.69, 9.17) is 4.74 Å². The zero-order valence-electron chi connectivity index (χ0n) is 11.6. The summed E-state index contributed by atoms with van der Waals surface area (Å²) in [5.74, 6) is 2.39. The van der Waals surface area contributed by atoms with E-state index in [1.807, 2.05) is 0 Å². The first kappa shape index (κ1) is 13.3. The van der Waals surface area contributed by atoms with E-state index >= 15 is 0 Å². The minimum atomic E-state index is 0.0687. The molecule has 100 valence electrons. The second-order valence-corrected chi connectivity index (χ2v) is 4.88. The molecular weight excluding hydrogens is 226 g/mol. The highest BCUT2D eigenvalue weighted by Gasteiger charge is 2.34. The highest BCUT2D eigenvalue weighted by Crippen LogP contribution is 2.42. The monoisotopic (exact) mass is 249 g/mol. The van der Waals surface area contributed by atoms with E-state index in [-0.39, 0.29) is 6.10 Å². The van der Waals surface area contributed by atoms with E-state index in [1.165, 1.54) is 12.8 Å². The van der Waals surface area contributed by atoms with Gasteiger partial charge in [-0.1, -0.05) is 13.3 Å². The fraction of sp³-hybridized carbons (Fsp3) is 0.714. The molecule has 4 heteroatoms. The normalized spacial score (nSPS) is 16.6. The van der Waals surface area contributed by atoms with Crippen LogP contribution in [0.15, 0.2) is 6.07 Å². The average molecular weight is 249 g/mol. The first-order chi connectivity index (χ1) is 8.78. The van der Waals surface area contributed by atoms with Crippen LogP contribution in [-0.4, -0.2) is 23.6 Å². The van der Waals surface area contributed by atoms with E-state index < -0.39 is 0 Å². The lowest BCUT2D eigenvalue weighted by Crippen LogP contribution is -2.12. The number of nitrogens with one attached hydrogen (secondary N) is 1. The minimum absolute atomic E-state index is 0.0687. The van der Waals surface area contributed by atoms with Crippen LogP contribution in [0.4, 0.5) is 5.82 Å². The standard InChI is InChI=1S/C14H23N3O/c1-4-6-11-9-12(15-5-2)17-14(16-11)13(18-3)10-7-8-10/h9-10,13H,4-8H2,1-3H3,(H,15,16,17). The molecule has 1 atom stereocenters. The topological polar surface area (TPSA) is 47.0 Å². The molecule has 0 saturated heterocycles. The van der Waals surface area contributed by atoms with Gasteiger partial charge >= 0.3 is 0 Å². The Morgan fingerprint density at radius 3 is 2.72 bits per heavy atom. The lowest BCUT2D eigenvalue weighted by atomic mass is 10.2. The first-order valence-corrected chi connectivity index (χ1v) is 6.93. The third-order valence-electron chi connectivity index (χ3n) is 3.22.